The van der Waals surface area contributed by atoms with E-state index in [1.54, 1.807) is 6.08 Å². The van der Waals surface area contributed by atoms with E-state index in [1.807, 2.05) is 36.4 Å². The number of amides is 1. The first-order valence-electron chi connectivity index (χ1n) is 10.4. The van der Waals surface area contributed by atoms with Gasteiger partial charge in [0.15, 0.2) is 5.69 Å². The molecule has 0 radical (unpaired) electrons. The number of aromatic nitrogens is 5. The molecular weight excluding hydrogens is 410 g/mol. The van der Waals surface area contributed by atoms with Crippen LogP contribution in [0.2, 0.25) is 0 Å². The summed E-state index contributed by atoms with van der Waals surface area (Å²) in [4.78, 5) is 15.0. The number of rotatable bonds is 7. The number of nitrogens with two attached hydrogens (primary N) is 1. The van der Waals surface area contributed by atoms with Gasteiger partial charge < -0.3 is 5.73 Å². The van der Waals surface area contributed by atoms with Crippen LogP contribution >= 0.6 is 0 Å². The van der Waals surface area contributed by atoms with Gasteiger partial charge in [-0.05, 0) is 53.8 Å². The van der Waals surface area contributed by atoms with E-state index in [1.165, 1.54) is 10.9 Å². The number of anilines is 1. The molecule has 0 unspecified atom stereocenters. The number of likely N-dealkylation sites (tertiary alicyclic amines) is 1. The van der Waals surface area contributed by atoms with Crippen molar-refractivity contribution < 1.29 is 9.42 Å². The van der Waals surface area contributed by atoms with Crippen LogP contribution in [-0.2, 0) is 6.54 Å². The summed E-state index contributed by atoms with van der Waals surface area (Å²) in [5, 5.41) is 19.5. The van der Waals surface area contributed by atoms with E-state index in [4.69, 9.17) is 10.4 Å². The number of carbonyl (C=O) groups excluding carboxylic acids is 1. The normalized spacial score (nSPS) is 15.7. The lowest BCUT2D eigenvalue weighted by atomic mass is 9.99. The van der Waals surface area contributed by atoms with Crippen molar-refractivity contribution in [3.05, 3.63) is 53.4 Å². The molecule has 1 aliphatic heterocycles. The molecule has 1 aromatic carbocycles. The first kappa shape index (κ1) is 21.4. The molecule has 0 bridgehead atoms. The Morgan fingerprint density at radius 2 is 2.06 bits per heavy atom. The van der Waals surface area contributed by atoms with Gasteiger partial charge >= 0.3 is 0 Å². The van der Waals surface area contributed by atoms with E-state index in [-0.39, 0.29) is 17.3 Å². The van der Waals surface area contributed by atoms with E-state index in [0.29, 0.717) is 18.2 Å². The van der Waals surface area contributed by atoms with Gasteiger partial charge in [0.2, 0.25) is 11.6 Å². The second-order valence-electron chi connectivity index (χ2n) is 7.72. The smallest absolute Gasteiger partial charge is 0.293 e. The predicted octanol–water partition coefficient (Wildman–Crippen LogP) is 1.89. The van der Waals surface area contributed by atoms with Crippen molar-refractivity contribution >= 4 is 24.0 Å². The molecule has 3 heterocycles. The third-order valence-corrected chi connectivity index (χ3v) is 5.34. The zero-order valence-corrected chi connectivity index (χ0v) is 17.8. The Morgan fingerprint density at radius 3 is 2.78 bits per heavy atom. The first-order chi connectivity index (χ1) is 15.6. The van der Waals surface area contributed by atoms with E-state index in [2.05, 4.69) is 43.0 Å². The predicted molar refractivity (Wildman–Crippen MR) is 119 cm³/mol. The Morgan fingerprint density at radius 1 is 1.28 bits per heavy atom. The average molecular weight is 435 g/mol. The number of hydrogen-bond acceptors (Lipinski definition) is 9. The Balaban J connectivity index is 1.50. The van der Waals surface area contributed by atoms with E-state index >= 15 is 0 Å². The summed E-state index contributed by atoms with van der Waals surface area (Å²) >= 11 is 0. The van der Waals surface area contributed by atoms with Gasteiger partial charge in [0.1, 0.15) is 0 Å². The van der Waals surface area contributed by atoms with Crippen molar-refractivity contribution in [1.82, 2.24) is 35.6 Å². The number of nitrogens with one attached hydrogen (secondary N) is 1. The molecule has 11 nitrogen and oxygen atoms in total. The molecule has 1 aliphatic rings. The highest BCUT2D eigenvalue weighted by Gasteiger charge is 2.26. The van der Waals surface area contributed by atoms with Crippen LogP contribution in [0.5, 0.6) is 0 Å². The number of nitrogen functional groups attached to an aromatic ring is 1. The van der Waals surface area contributed by atoms with Crippen LogP contribution in [0.1, 0.15) is 41.5 Å². The van der Waals surface area contributed by atoms with Crippen LogP contribution < -0.4 is 11.2 Å². The van der Waals surface area contributed by atoms with Crippen LogP contribution in [0.25, 0.3) is 11.9 Å². The molecule has 1 saturated heterocycles. The van der Waals surface area contributed by atoms with Gasteiger partial charge in [0.25, 0.3) is 5.91 Å². The highest BCUT2D eigenvalue weighted by molar-refractivity contribution is 5.94. The number of hydrazone groups is 1. The Labute approximate surface area is 184 Å². The van der Waals surface area contributed by atoms with Gasteiger partial charge in [-0.15, -0.1) is 5.10 Å². The topological polar surface area (TPSA) is 140 Å². The summed E-state index contributed by atoms with van der Waals surface area (Å²) in [5.74, 6) is 0.479. The lowest BCUT2D eigenvalue weighted by Gasteiger charge is -2.30. The SMILES string of the molecule is CC1CCN(Cc2c(C(=O)N/N=C\C=C\c3ccccc3)nnn2-c2nonc2N)CC1. The summed E-state index contributed by atoms with van der Waals surface area (Å²) in [6.07, 6.45) is 7.31. The molecular formula is C21H25N9O2. The number of benzene rings is 1. The Kier molecular flexibility index (Phi) is 6.66. The monoisotopic (exact) mass is 435 g/mol. The molecule has 11 heteroatoms. The number of piperidine rings is 1. The summed E-state index contributed by atoms with van der Waals surface area (Å²) in [7, 11) is 0. The highest BCUT2D eigenvalue weighted by Crippen LogP contribution is 2.21. The molecule has 4 rings (SSSR count). The molecule has 1 amide bonds. The fourth-order valence-corrected chi connectivity index (χ4v) is 3.47. The quantitative estimate of drug-likeness (QED) is 0.423. The van der Waals surface area contributed by atoms with E-state index < -0.39 is 5.91 Å². The Hall–Kier alpha value is -3.86. The van der Waals surface area contributed by atoms with Crippen molar-refractivity contribution in [3.63, 3.8) is 0 Å². The lowest BCUT2D eigenvalue weighted by molar-refractivity contribution is 0.0947. The minimum absolute atomic E-state index is 0.0689. The molecule has 1 fully saturated rings. The van der Waals surface area contributed by atoms with Crippen LogP contribution in [0.3, 0.4) is 0 Å². The molecule has 2 aromatic heterocycles. The molecule has 0 spiro atoms. The molecule has 3 aromatic rings. The van der Waals surface area contributed by atoms with Gasteiger partial charge in [-0.3, -0.25) is 9.69 Å². The fraction of sp³-hybridized carbons (Fsp3) is 0.333. The van der Waals surface area contributed by atoms with Crippen LogP contribution in [0.4, 0.5) is 5.82 Å². The second kappa shape index (κ2) is 9.96. The molecule has 32 heavy (non-hydrogen) atoms. The third-order valence-electron chi connectivity index (χ3n) is 5.34. The minimum Gasteiger partial charge on any atom is -0.378 e. The van der Waals surface area contributed by atoms with Gasteiger partial charge in [0, 0.05) is 12.8 Å². The Bertz CT molecular complexity index is 1100. The van der Waals surface area contributed by atoms with Crippen molar-refractivity contribution in [2.75, 3.05) is 18.8 Å². The van der Waals surface area contributed by atoms with E-state index in [0.717, 1.165) is 31.5 Å². The van der Waals surface area contributed by atoms with E-state index in [9.17, 15) is 4.79 Å². The van der Waals surface area contributed by atoms with Gasteiger partial charge in [-0.25, -0.2) is 10.1 Å². The zero-order chi connectivity index (χ0) is 22.3. The highest BCUT2D eigenvalue weighted by atomic mass is 16.6. The summed E-state index contributed by atoms with van der Waals surface area (Å²) < 4.78 is 6.10. The molecule has 166 valence electrons. The van der Waals surface area contributed by atoms with Gasteiger partial charge in [-0.2, -0.15) is 9.78 Å². The lowest BCUT2D eigenvalue weighted by Crippen LogP contribution is -2.34. The fourth-order valence-electron chi connectivity index (χ4n) is 3.47. The maximum Gasteiger partial charge on any atom is 0.293 e. The van der Waals surface area contributed by atoms with Crippen LogP contribution in [0, 0.1) is 5.92 Å². The van der Waals surface area contributed by atoms with Crippen LogP contribution in [0.15, 0.2) is 46.1 Å². The maximum absolute atomic E-state index is 12.8. The molecule has 0 atom stereocenters. The number of nitrogens with zero attached hydrogens (tertiary/aromatic N) is 7. The van der Waals surface area contributed by atoms with Crippen molar-refractivity contribution in [2.24, 2.45) is 11.0 Å². The number of hydrogen-bond donors (Lipinski definition) is 2. The molecule has 3 N–H and O–H groups in total. The maximum atomic E-state index is 12.8. The second-order valence-corrected chi connectivity index (χ2v) is 7.72. The summed E-state index contributed by atoms with van der Waals surface area (Å²) in [5.41, 5.74) is 10.1. The average Bonchev–Trinajstić information content (AvgIpc) is 3.41. The summed E-state index contributed by atoms with van der Waals surface area (Å²) in [6.45, 7) is 4.55. The van der Waals surface area contributed by atoms with Crippen molar-refractivity contribution in [2.45, 2.75) is 26.3 Å². The minimum atomic E-state index is -0.476. The van der Waals surface area contributed by atoms with Crippen molar-refractivity contribution in [3.8, 4) is 5.82 Å². The third kappa shape index (κ3) is 5.06. The van der Waals surface area contributed by atoms with Gasteiger partial charge in [-0.1, -0.05) is 48.5 Å². The first-order valence-corrected chi connectivity index (χ1v) is 10.4. The number of allylic oxidation sites excluding steroid dienone is 1. The largest absolute Gasteiger partial charge is 0.378 e. The molecule has 0 saturated carbocycles. The zero-order valence-electron chi connectivity index (χ0n) is 17.8. The van der Waals surface area contributed by atoms with Crippen LogP contribution in [-0.4, -0.2) is 55.4 Å². The standard InChI is InChI=1S/C21H25N9O2/c1-15-9-12-29(13-10-15)14-17-18(24-28-30(17)20-19(22)26-32-27-20)21(31)25-23-11-5-8-16-6-3-2-4-7-16/h2-8,11,15H,9-10,12-14H2,1H3,(H2,22,26)(H,25,31)/b8-5+,23-11-. The number of carbonyl (C=O) groups is 1. The van der Waals surface area contributed by atoms with Crippen molar-refractivity contribution in [1.29, 1.82) is 0 Å². The van der Waals surface area contributed by atoms with Gasteiger partial charge in [0.05, 0.1) is 5.69 Å². The molecule has 0 aliphatic carbocycles. The summed E-state index contributed by atoms with van der Waals surface area (Å²) in [6, 6.07) is 9.79.